The van der Waals surface area contributed by atoms with Crippen molar-refractivity contribution in [1.82, 2.24) is 0 Å². The summed E-state index contributed by atoms with van der Waals surface area (Å²) in [6.45, 7) is 0. The number of nitrogens with two attached hydrogens (primary N) is 3. The largest absolute Gasteiger partial charge is 0.506 e. The highest BCUT2D eigenvalue weighted by Crippen LogP contribution is 2.36. The lowest BCUT2D eigenvalue weighted by atomic mass is 10.2. The number of guanidine groups is 2. The van der Waals surface area contributed by atoms with E-state index in [-0.39, 0.29) is 33.4 Å². The molecule has 7 N–H and O–H groups in total. The monoisotopic (exact) mass is 329 g/mol. The van der Waals surface area contributed by atoms with Crippen LogP contribution in [0.25, 0.3) is 0 Å². The second-order valence-corrected chi connectivity index (χ2v) is 4.09. The lowest BCUT2D eigenvalue weighted by Gasteiger charge is -2.06. The Morgan fingerprint density at radius 1 is 1.37 bits per heavy atom. The molecule has 0 atom stereocenters. The molecule has 0 unspecified atom stereocenters. The van der Waals surface area contributed by atoms with E-state index in [9.17, 15) is 9.90 Å². The third kappa shape index (κ3) is 3.58. The van der Waals surface area contributed by atoms with Gasteiger partial charge in [0.2, 0.25) is 5.96 Å². The van der Waals surface area contributed by atoms with E-state index in [0.717, 1.165) is 0 Å². The van der Waals surface area contributed by atoms with E-state index in [0.29, 0.717) is 0 Å². The molecule has 1 rings (SSSR count). The minimum absolute atomic E-state index is 0.00580. The van der Waals surface area contributed by atoms with E-state index in [1.165, 1.54) is 19.2 Å². The Balaban J connectivity index is 3.24. The minimum atomic E-state index is -0.675. The zero-order chi connectivity index (χ0) is 14.6. The molecule has 0 saturated carbocycles. The topological polar surface area (TPSA) is 149 Å². The van der Waals surface area contributed by atoms with Gasteiger partial charge in [-0.25, -0.2) is 9.79 Å². The Hall–Kier alpha value is -2.29. The molecular formula is C10H12BrN5O3. The predicted molar refractivity (Wildman–Crippen MR) is 74.2 cm³/mol. The zero-order valence-corrected chi connectivity index (χ0v) is 11.5. The Morgan fingerprint density at radius 3 is 2.53 bits per heavy atom. The van der Waals surface area contributed by atoms with E-state index in [2.05, 4.69) is 30.7 Å². The number of halogens is 1. The minimum Gasteiger partial charge on any atom is -0.506 e. The van der Waals surface area contributed by atoms with E-state index < -0.39 is 5.97 Å². The van der Waals surface area contributed by atoms with Crippen LogP contribution in [0.15, 0.2) is 26.6 Å². The molecule has 0 aromatic heterocycles. The van der Waals surface area contributed by atoms with Crippen LogP contribution in [0, 0.1) is 0 Å². The number of hydrogen-bond acceptors (Lipinski definition) is 4. The van der Waals surface area contributed by atoms with Gasteiger partial charge >= 0.3 is 5.97 Å². The highest BCUT2D eigenvalue weighted by molar-refractivity contribution is 9.10. The molecule has 0 amide bonds. The standard InChI is InChI=1S/C10H12BrN5O3/c1-19-8(18)4-2-3-5(6(11)7(4)17)15-10(14)16-9(12)13/h2-3,17H,1H3,(H6,12,13,14,15,16). The van der Waals surface area contributed by atoms with Gasteiger partial charge in [0.1, 0.15) is 11.3 Å². The number of aliphatic imine (C=N–C) groups is 2. The average molecular weight is 330 g/mol. The summed E-state index contributed by atoms with van der Waals surface area (Å²) >= 11 is 3.09. The summed E-state index contributed by atoms with van der Waals surface area (Å²) < 4.78 is 4.68. The van der Waals surface area contributed by atoms with Crippen molar-refractivity contribution >= 4 is 39.5 Å². The third-order valence-corrected chi connectivity index (χ3v) is 2.76. The molecule has 8 nitrogen and oxygen atoms in total. The summed E-state index contributed by atoms with van der Waals surface area (Å²) in [6.07, 6.45) is 0. The highest BCUT2D eigenvalue weighted by Gasteiger charge is 2.16. The maximum Gasteiger partial charge on any atom is 0.341 e. The number of rotatable bonds is 2. The van der Waals surface area contributed by atoms with Gasteiger partial charge in [-0.1, -0.05) is 0 Å². The number of carbonyl (C=O) groups excluding carboxylic acids is 1. The zero-order valence-electron chi connectivity index (χ0n) is 9.92. The number of benzene rings is 1. The van der Waals surface area contributed by atoms with Crippen molar-refractivity contribution < 1.29 is 14.6 Å². The average Bonchev–Trinajstić information content (AvgIpc) is 2.33. The first kappa shape index (κ1) is 14.8. The summed E-state index contributed by atoms with van der Waals surface area (Å²) in [5.74, 6) is -1.42. The van der Waals surface area contributed by atoms with Crippen molar-refractivity contribution in [3.63, 3.8) is 0 Å². The van der Waals surface area contributed by atoms with E-state index in [1.807, 2.05) is 0 Å². The van der Waals surface area contributed by atoms with Gasteiger partial charge in [-0.2, -0.15) is 4.99 Å². The van der Waals surface area contributed by atoms with E-state index in [1.54, 1.807) is 0 Å². The number of aromatic hydroxyl groups is 1. The first-order valence-corrected chi connectivity index (χ1v) is 5.69. The van der Waals surface area contributed by atoms with Gasteiger partial charge in [-0.15, -0.1) is 0 Å². The Labute approximate surface area is 117 Å². The van der Waals surface area contributed by atoms with Gasteiger partial charge in [0.25, 0.3) is 0 Å². The van der Waals surface area contributed by atoms with Crippen molar-refractivity contribution in [2.24, 2.45) is 27.2 Å². The van der Waals surface area contributed by atoms with Crippen LogP contribution in [0.3, 0.4) is 0 Å². The van der Waals surface area contributed by atoms with Gasteiger partial charge in [0, 0.05) is 0 Å². The van der Waals surface area contributed by atoms with Crippen LogP contribution in [-0.4, -0.2) is 30.1 Å². The number of phenolic OH excluding ortho intramolecular Hbond substituents is 1. The first-order valence-electron chi connectivity index (χ1n) is 4.90. The van der Waals surface area contributed by atoms with Crippen LogP contribution in [0.2, 0.25) is 0 Å². The van der Waals surface area contributed by atoms with Crippen molar-refractivity contribution in [3.05, 3.63) is 22.2 Å². The van der Waals surface area contributed by atoms with Gasteiger partial charge < -0.3 is 27.0 Å². The molecule has 0 aliphatic rings. The van der Waals surface area contributed by atoms with Crippen LogP contribution in [0.1, 0.15) is 10.4 Å². The summed E-state index contributed by atoms with van der Waals surface area (Å²) in [5, 5.41) is 9.83. The van der Waals surface area contributed by atoms with Gasteiger partial charge in [-0.05, 0) is 28.1 Å². The second-order valence-electron chi connectivity index (χ2n) is 3.29. The lowest BCUT2D eigenvalue weighted by molar-refractivity contribution is 0.0597. The number of phenols is 1. The van der Waals surface area contributed by atoms with Gasteiger partial charge in [0.15, 0.2) is 5.96 Å². The first-order chi connectivity index (χ1) is 8.86. The van der Waals surface area contributed by atoms with Crippen molar-refractivity contribution in [1.29, 1.82) is 0 Å². The molecule has 0 heterocycles. The lowest BCUT2D eigenvalue weighted by Crippen LogP contribution is -2.26. The maximum absolute atomic E-state index is 11.3. The Bertz CT molecular complexity index is 567. The van der Waals surface area contributed by atoms with Gasteiger partial charge in [0.05, 0.1) is 17.3 Å². The number of carbonyl (C=O) groups is 1. The quantitative estimate of drug-likeness (QED) is 0.345. The Morgan fingerprint density at radius 2 is 2.00 bits per heavy atom. The number of esters is 1. The fourth-order valence-electron chi connectivity index (χ4n) is 1.20. The highest BCUT2D eigenvalue weighted by atomic mass is 79.9. The molecule has 1 aromatic rings. The molecule has 19 heavy (non-hydrogen) atoms. The van der Waals surface area contributed by atoms with Crippen molar-refractivity contribution in [2.75, 3.05) is 7.11 Å². The molecule has 102 valence electrons. The molecule has 0 aliphatic heterocycles. The van der Waals surface area contributed by atoms with Crippen LogP contribution < -0.4 is 17.2 Å². The normalized spacial score (nSPS) is 10.9. The van der Waals surface area contributed by atoms with Crippen LogP contribution >= 0.6 is 15.9 Å². The SMILES string of the molecule is COC(=O)c1ccc(N=C(N)N=C(N)N)c(Br)c1O. The second kappa shape index (κ2) is 6.05. The van der Waals surface area contributed by atoms with E-state index in [4.69, 9.17) is 17.2 Å². The summed E-state index contributed by atoms with van der Waals surface area (Å²) in [7, 11) is 1.21. The summed E-state index contributed by atoms with van der Waals surface area (Å²) in [6, 6.07) is 2.79. The molecule has 0 bridgehead atoms. The molecule has 9 heteroatoms. The molecule has 1 aromatic carbocycles. The molecular weight excluding hydrogens is 318 g/mol. The molecule has 0 saturated heterocycles. The van der Waals surface area contributed by atoms with Crippen molar-refractivity contribution in [2.45, 2.75) is 0 Å². The van der Waals surface area contributed by atoms with Crippen molar-refractivity contribution in [3.8, 4) is 5.75 Å². The van der Waals surface area contributed by atoms with Gasteiger partial charge in [-0.3, -0.25) is 0 Å². The molecule has 0 aliphatic carbocycles. The number of ether oxygens (including phenoxy) is 1. The van der Waals surface area contributed by atoms with Crippen LogP contribution in [0.4, 0.5) is 5.69 Å². The smallest absolute Gasteiger partial charge is 0.341 e. The summed E-state index contributed by atoms with van der Waals surface area (Å²) in [5.41, 5.74) is 16.0. The maximum atomic E-state index is 11.3. The van der Waals surface area contributed by atoms with Crippen LogP contribution in [0.5, 0.6) is 5.75 Å². The fourth-order valence-corrected chi connectivity index (χ4v) is 1.63. The fraction of sp³-hybridized carbons (Fsp3) is 0.100. The molecule has 0 fully saturated rings. The number of nitrogens with zero attached hydrogens (tertiary/aromatic N) is 2. The van der Waals surface area contributed by atoms with E-state index >= 15 is 0 Å². The summed E-state index contributed by atoms with van der Waals surface area (Å²) in [4.78, 5) is 18.7. The molecule has 0 radical (unpaired) electrons. The molecule has 0 spiro atoms. The Kier molecular flexibility index (Phi) is 4.70. The predicted octanol–water partition coefficient (Wildman–Crippen LogP) is 0.161. The van der Waals surface area contributed by atoms with Crippen LogP contribution in [-0.2, 0) is 4.74 Å². The third-order valence-electron chi connectivity index (χ3n) is 1.98. The number of methoxy groups -OCH3 is 1. The number of hydrogen-bond donors (Lipinski definition) is 4.